The van der Waals surface area contributed by atoms with Crippen LogP contribution >= 0.6 is 11.3 Å². The minimum Gasteiger partial charge on any atom is -0.477 e. The average Bonchev–Trinajstić information content (AvgIpc) is 2.79. The molecule has 4 nitrogen and oxygen atoms in total. The lowest BCUT2D eigenvalue weighted by molar-refractivity contribution is 0.305. The molecule has 0 amide bonds. The lowest BCUT2D eigenvalue weighted by Crippen LogP contribution is -2.12. The molecule has 0 atom stereocenters. The van der Waals surface area contributed by atoms with Crippen molar-refractivity contribution in [1.82, 2.24) is 15.3 Å². The number of thiazole rings is 1. The highest BCUT2D eigenvalue weighted by atomic mass is 32.1. The zero-order chi connectivity index (χ0) is 14.5. The van der Waals surface area contributed by atoms with E-state index >= 15 is 0 Å². The van der Waals surface area contributed by atoms with Crippen molar-refractivity contribution in [3.63, 3.8) is 0 Å². The van der Waals surface area contributed by atoms with Crippen molar-refractivity contribution >= 4 is 11.3 Å². The zero-order valence-electron chi connectivity index (χ0n) is 12.5. The molecular formula is C15H21N3OS. The molecule has 1 N–H and O–H groups in total. The van der Waals surface area contributed by atoms with Gasteiger partial charge in [-0.15, -0.1) is 11.3 Å². The van der Waals surface area contributed by atoms with E-state index < -0.39 is 0 Å². The Bertz CT molecular complexity index is 580. The maximum atomic E-state index is 5.91. The summed E-state index contributed by atoms with van der Waals surface area (Å²) in [6.45, 7) is 7.54. The van der Waals surface area contributed by atoms with Gasteiger partial charge in [-0.05, 0) is 39.4 Å². The highest BCUT2D eigenvalue weighted by molar-refractivity contribution is 7.09. The molecule has 0 aliphatic carbocycles. The van der Waals surface area contributed by atoms with Crippen LogP contribution in [-0.2, 0) is 13.0 Å². The molecule has 0 saturated carbocycles. The standard InChI is InChI=1S/C15H21N3OS/c1-10-7-11(2)18-15(13(10)8-16-4)19-6-5-14-12(3)17-9-20-14/h7,9,16H,5-6,8H2,1-4H3. The first-order valence-electron chi connectivity index (χ1n) is 6.75. The van der Waals surface area contributed by atoms with Gasteiger partial charge in [0.15, 0.2) is 0 Å². The molecule has 0 bridgehead atoms. The number of ether oxygens (including phenoxy) is 1. The molecule has 0 fully saturated rings. The zero-order valence-corrected chi connectivity index (χ0v) is 13.3. The van der Waals surface area contributed by atoms with Gasteiger partial charge in [-0.25, -0.2) is 9.97 Å². The Morgan fingerprint density at radius 1 is 1.30 bits per heavy atom. The maximum absolute atomic E-state index is 5.91. The van der Waals surface area contributed by atoms with Crippen molar-refractivity contribution in [1.29, 1.82) is 0 Å². The van der Waals surface area contributed by atoms with Crippen LogP contribution in [0.2, 0.25) is 0 Å². The summed E-state index contributed by atoms with van der Waals surface area (Å²) in [6, 6.07) is 2.09. The third-order valence-electron chi connectivity index (χ3n) is 3.20. The monoisotopic (exact) mass is 291 g/mol. The minimum absolute atomic E-state index is 0.635. The van der Waals surface area contributed by atoms with Gasteiger partial charge in [0.2, 0.25) is 5.88 Å². The van der Waals surface area contributed by atoms with Gasteiger partial charge in [0.25, 0.3) is 0 Å². The fourth-order valence-corrected chi connectivity index (χ4v) is 2.91. The second-order valence-electron chi connectivity index (χ2n) is 4.85. The van der Waals surface area contributed by atoms with E-state index in [1.807, 2.05) is 26.4 Å². The minimum atomic E-state index is 0.635. The van der Waals surface area contributed by atoms with Crippen molar-refractivity contribution in [2.45, 2.75) is 33.7 Å². The van der Waals surface area contributed by atoms with Gasteiger partial charge in [0, 0.05) is 29.1 Å². The largest absolute Gasteiger partial charge is 0.477 e. The van der Waals surface area contributed by atoms with Crippen LogP contribution in [0.3, 0.4) is 0 Å². The molecule has 0 aliphatic heterocycles. The number of aromatic nitrogens is 2. The van der Waals surface area contributed by atoms with E-state index in [1.165, 1.54) is 10.4 Å². The van der Waals surface area contributed by atoms with Crippen LogP contribution in [0, 0.1) is 20.8 Å². The molecule has 5 heteroatoms. The predicted molar refractivity (Wildman–Crippen MR) is 82.5 cm³/mol. The number of aryl methyl sites for hydroxylation is 3. The quantitative estimate of drug-likeness (QED) is 0.889. The number of nitrogens with one attached hydrogen (secondary N) is 1. The summed E-state index contributed by atoms with van der Waals surface area (Å²) in [4.78, 5) is 10.1. The van der Waals surface area contributed by atoms with Crippen LogP contribution in [0.25, 0.3) is 0 Å². The molecule has 0 spiro atoms. The van der Waals surface area contributed by atoms with Crippen LogP contribution in [0.15, 0.2) is 11.6 Å². The van der Waals surface area contributed by atoms with E-state index in [9.17, 15) is 0 Å². The molecule has 0 aliphatic rings. The van der Waals surface area contributed by atoms with Crippen LogP contribution < -0.4 is 10.1 Å². The first-order valence-corrected chi connectivity index (χ1v) is 7.63. The highest BCUT2D eigenvalue weighted by Crippen LogP contribution is 2.21. The van der Waals surface area contributed by atoms with Gasteiger partial charge in [-0.3, -0.25) is 0 Å². The number of hydrogen-bond acceptors (Lipinski definition) is 5. The Labute approximate surface area is 124 Å². The Balaban J connectivity index is 2.06. The van der Waals surface area contributed by atoms with Gasteiger partial charge >= 0.3 is 0 Å². The first kappa shape index (κ1) is 14.9. The van der Waals surface area contributed by atoms with Crippen molar-refractivity contribution in [2.75, 3.05) is 13.7 Å². The lowest BCUT2D eigenvalue weighted by atomic mass is 10.1. The summed E-state index contributed by atoms with van der Waals surface area (Å²) < 4.78 is 5.91. The molecule has 2 aromatic heterocycles. The van der Waals surface area contributed by atoms with Gasteiger partial charge in [0.05, 0.1) is 17.8 Å². The Morgan fingerprint density at radius 3 is 2.75 bits per heavy atom. The third-order valence-corrected chi connectivity index (χ3v) is 4.20. The summed E-state index contributed by atoms with van der Waals surface area (Å²) in [5, 5.41) is 3.17. The summed E-state index contributed by atoms with van der Waals surface area (Å²) in [7, 11) is 1.93. The Morgan fingerprint density at radius 2 is 2.10 bits per heavy atom. The number of hydrogen-bond donors (Lipinski definition) is 1. The van der Waals surface area contributed by atoms with E-state index in [4.69, 9.17) is 4.74 Å². The smallest absolute Gasteiger partial charge is 0.218 e. The number of pyridine rings is 1. The Hall–Kier alpha value is -1.46. The predicted octanol–water partition coefficient (Wildman–Crippen LogP) is 2.80. The van der Waals surface area contributed by atoms with Crippen molar-refractivity contribution in [3.05, 3.63) is 39.0 Å². The fraction of sp³-hybridized carbons (Fsp3) is 0.467. The summed E-state index contributed by atoms with van der Waals surface area (Å²) >= 11 is 1.68. The molecule has 0 radical (unpaired) electrons. The molecular weight excluding hydrogens is 270 g/mol. The van der Waals surface area contributed by atoms with E-state index in [2.05, 4.69) is 28.3 Å². The van der Waals surface area contributed by atoms with Crippen molar-refractivity contribution in [2.24, 2.45) is 0 Å². The van der Waals surface area contributed by atoms with Crippen LogP contribution in [0.4, 0.5) is 0 Å². The third kappa shape index (κ3) is 3.55. The van der Waals surface area contributed by atoms with Gasteiger partial charge in [-0.1, -0.05) is 0 Å². The fourth-order valence-electron chi connectivity index (χ4n) is 2.15. The molecule has 2 heterocycles. The second-order valence-corrected chi connectivity index (χ2v) is 5.79. The SMILES string of the molecule is CNCc1c(C)cc(C)nc1OCCc1scnc1C. The molecule has 2 aromatic rings. The van der Waals surface area contributed by atoms with Crippen LogP contribution in [-0.4, -0.2) is 23.6 Å². The Kier molecular flexibility index (Phi) is 5.09. The molecule has 108 valence electrons. The van der Waals surface area contributed by atoms with E-state index in [0.717, 1.165) is 35.8 Å². The van der Waals surface area contributed by atoms with E-state index in [0.29, 0.717) is 6.61 Å². The van der Waals surface area contributed by atoms with E-state index in [1.54, 1.807) is 11.3 Å². The second kappa shape index (κ2) is 6.81. The number of nitrogens with zero attached hydrogens (tertiary/aromatic N) is 2. The van der Waals surface area contributed by atoms with Crippen molar-refractivity contribution in [3.8, 4) is 5.88 Å². The lowest BCUT2D eigenvalue weighted by Gasteiger charge is -2.13. The normalized spacial score (nSPS) is 10.8. The maximum Gasteiger partial charge on any atom is 0.218 e. The molecule has 20 heavy (non-hydrogen) atoms. The van der Waals surface area contributed by atoms with Gasteiger partial charge in [0.1, 0.15) is 0 Å². The highest BCUT2D eigenvalue weighted by Gasteiger charge is 2.10. The van der Waals surface area contributed by atoms with Crippen LogP contribution in [0.1, 0.15) is 27.4 Å². The summed E-state index contributed by atoms with van der Waals surface area (Å²) in [5.74, 6) is 0.749. The molecule has 2 rings (SSSR count). The average molecular weight is 291 g/mol. The first-order chi connectivity index (χ1) is 9.61. The van der Waals surface area contributed by atoms with Crippen molar-refractivity contribution < 1.29 is 4.74 Å². The molecule has 0 unspecified atom stereocenters. The summed E-state index contributed by atoms with van der Waals surface area (Å²) in [5.41, 5.74) is 6.33. The van der Waals surface area contributed by atoms with E-state index in [-0.39, 0.29) is 0 Å². The molecule has 0 saturated heterocycles. The van der Waals surface area contributed by atoms with Crippen LogP contribution in [0.5, 0.6) is 5.88 Å². The molecule has 0 aromatic carbocycles. The summed E-state index contributed by atoms with van der Waals surface area (Å²) in [6.07, 6.45) is 0.879. The van der Waals surface area contributed by atoms with Gasteiger partial charge in [-0.2, -0.15) is 0 Å². The topological polar surface area (TPSA) is 47.0 Å². The van der Waals surface area contributed by atoms with Gasteiger partial charge < -0.3 is 10.1 Å². The number of rotatable bonds is 6.